The first-order chi connectivity index (χ1) is 18.2. The van der Waals surface area contributed by atoms with Crippen molar-refractivity contribution in [2.45, 2.75) is 42.6 Å². The Morgan fingerprint density at radius 1 is 0.947 bits per heavy atom. The molecule has 8 nitrogen and oxygen atoms in total. The molecule has 5 rings (SSSR count). The third kappa shape index (κ3) is 5.28. The molecule has 194 valence electrons. The van der Waals surface area contributed by atoms with Gasteiger partial charge in [0.15, 0.2) is 10.8 Å². The van der Waals surface area contributed by atoms with Crippen molar-refractivity contribution in [3.8, 4) is 0 Å². The number of carbonyl (C=O) groups is 1. The third-order valence-corrected chi connectivity index (χ3v) is 8.74. The van der Waals surface area contributed by atoms with Crippen LogP contribution in [0.25, 0.3) is 16.6 Å². The number of fused-ring (bicyclic) bond motifs is 3. The predicted octanol–water partition coefficient (Wildman–Crippen LogP) is 5.10. The van der Waals surface area contributed by atoms with Gasteiger partial charge < -0.3 is 5.32 Å². The number of amides is 1. The summed E-state index contributed by atoms with van der Waals surface area (Å²) in [7, 11) is -3.68. The van der Waals surface area contributed by atoms with Gasteiger partial charge in [-0.3, -0.25) is 9.20 Å². The highest BCUT2D eigenvalue weighted by Gasteiger charge is 2.21. The largest absolute Gasteiger partial charge is 0.325 e. The number of para-hydroxylation sites is 1. The molecule has 0 aliphatic carbocycles. The number of carbonyl (C=O) groups excluding carboxylic acids is 1. The zero-order valence-corrected chi connectivity index (χ0v) is 22.8. The molecule has 1 amide bonds. The summed E-state index contributed by atoms with van der Waals surface area (Å²) in [5, 5.41) is 12.8. The number of pyridine rings is 1. The molecule has 1 atom stereocenters. The number of benzene rings is 3. The average molecular weight is 546 g/mol. The third-order valence-electron chi connectivity index (χ3n) is 6.28. The van der Waals surface area contributed by atoms with Crippen LogP contribution in [-0.2, 0) is 21.4 Å². The molecule has 38 heavy (non-hydrogen) atoms. The van der Waals surface area contributed by atoms with Crippen LogP contribution in [0.15, 0.2) is 88.9 Å². The predicted molar refractivity (Wildman–Crippen MR) is 151 cm³/mol. The number of aryl methyl sites for hydroxylation is 2. The molecule has 0 aliphatic heterocycles. The highest BCUT2D eigenvalue weighted by Crippen LogP contribution is 2.30. The van der Waals surface area contributed by atoms with Crippen molar-refractivity contribution in [1.82, 2.24) is 19.3 Å². The van der Waals surface area contributed by atoms with Crippen molar-refractivity contribution in [1.29, 1.82) is 0 Å². The number of aromatic nitrogens is 3. The zero-order chi connectivity index (χ0) is 26.9. The first-order valence-corrected chi connectivity index (χ1v) is 14.4. The summed E-state index contributed by atoms with van der Waals surface area (Å²) in [5.74, 6) is -0.224. The fraction of sp³-hybridized carbons (Fsp3) is 0.179. The summed E-state index contributed by atoms with van der Waals surface area (Å²) in [4.78, 5) is 13.1. The van der Waals surface area contributed by atoms with Crippen LogP contribution in [0.4, 0.5) is 5.69 Å². The smallest absolute Gasteiger partial charge is 0.240 e. The second kappa shape index (κ2) is 10.6. The SMILES string of the molecule is Cc1cc2nnc(SC(C)C(=O)Nc3ccc(S(=O)(=O)NCc4ccccc4)cc3)n2c2c(C)cccc12. The van der Waals surface area contributed by atoms with E-state index in [1.165, 1.54) is 23.9 Å². The van der Waals surface area contributed by atoms with Gasteiger partial charge in [-0.1, -0.05) is 60.3 Å². The topological polar surface area (TPSA) is 105 Å². The van der Waals surface area contributed by atoms with E-state index in [4.69, 9.17) is 0 Å². The van der Waals surface area contributed by atoms with E-state index >= 15 is 0 Å². The molecule has 0 bridgehead atoms. The molecule has 2 N–H and O–H groups in total. The van der Waals surface area contributed by atoms with Crippen LogP contribution in [0, 0.1) is 13.8 Å². The quantitative estimate of drug-likeness (QED) is 0.263. The lowest BCUT2D eigenvalue weighted by Gasteiger charge is -2.13. The maximum Gasteiger partial charge on any atom is 0.240 e. The van der Waals surface area contributed by atoms with Crippen LogP contribution in [0.3, 0.4) is 0 Å². The van der Waals surface area contributed by atoms with Gasteiger partial charge in [-0.25, -0.2) is 13.1 Å². The monoisotopic (exact) mass is 545 g/mol. The van der Waals surface area contributed by atoms with E-state index in [9.17, 15) is 13.2 Å². The van der Waals surface area contributed by atoms with E-state index in [2.05, 4.69) is 33.2 Å². The Morgan fingerprint density at radius 3 is 2.42 bits per heavy atom. The minimum absolute atomic E-state index is 0.126. The molecule has 0 radical (unpaired) electrons. The van der Waals surface area contributed by atoms with Gasteiger partial charge in [0.25, 0.3) is 0 Å². The maximum absolute atomic E-state index is 13.0. The minimum Gasteiger partial charge on any atom is -0.325 e. The molecular weight excluding hydrogens is 518 g/mol. The van der Waals surface area contributed by atoms with Gasteiger partial charge in [-0.05, 0) is 67.8 Å². The summed E-state index contributed by atoms with van der Waals surface area (Å²) in [5.41, 5.74) is 5.35. The lowest BCUT2D eigenvalue weighted by Crippen LogP contribution is -2.24. The van der Waals surface area contributed by atoms with E-state index in [0.717, 1.165) is 33.2 Å². The lowest BCUT2D eigenvalue weighted by molar-refractivity contribution is -0.115. The second-order valence-corrected chi connectivity index (χ2v) is 12.1. The molecule has 0 saturated carbocycles. The van der Waals surface area contributed by atoms with Crippen LogP contribution < -0.4 is 10.0 Å². The molecule has 2 aromatic heterocycles. The van der Waals surface area contributed by atoms with Gasteiger partial charge >= 0.3 is 0 Å². The molecule has 10 heteroatoms. The fourth-order valence-corrected chi connectivity index (χ4v) is 6.12. The molecule has 3 aromatic carbocycles. The van der Waals surface area contributed by atoms with Crippen LogP contribution in [0.5, 0.6) is 0 Å². The van der Waals surface area contributed by atoms with Gasteiger partial charge in [0.2, 0.25) is 15.9 Å². The van der Waals surface area contributed by atoms with Gasteiger partial charge in [0.1, 0.15) is 0 Å². The van der Waals surface area contributed by atoms with Gasteiger partial charge in [-0.15, -0.1) is 10.2 Å². The number of nitrogens with one attached hydrogen (secondary N) is 2. The fourth-order valence-electron chi connectivity index (χ4n) is 4.24. The summed E-state index contributed by atoms with van der Waals surface area (Å²) in [6.45, 7) is 6.10. The first-order valence-electron chi connectivity index (χ1n) is 12.1. The molecular formula is C28H27N5O3S2. The number of sulfonamides is 1. The lowest BCUT2D eigenvalue weighted by atomic mass is 10.1. The molecule has 0 saturated heterocycles. The summed E-state index contributed by atoms with van der Waals surface area (Å²) < 4.78 is 29.9. The standard InChI is InChI=1S/C28H27N5O3S2/c1-18-8-7-11-24-19(2)16-25-31-32-28(33(25)26(18)24)37-20(3)27(34)30-22-12-14-23(15-13-22)38(35,36)29-17-21-9-5-4-6-10-21/h4-16,20,29H,17H2,1-3H3,(H,30,34). The van der Waals surface area contributed by atoms with E-state index in [1.807, 2.05) is 59.9 Å². The van der Waals surface area contributed by atoms with Crippen LogP contribution >= 0.6 is 11.8 Å². The molecule has 1 unspecified atom stereocenters. The van der Waals surface area contributed by atoms with Gasteiger partial charge in [0, 0.05) is 17.6 Å². The molecule has 0 aliphatic rings. The molecule has 2 heterocycles. The average Bonchev–Trinajstić information content (AvgIpc) is 3.30. The van der Waals surface area contributed by atoms with Crippen LogP contribution in [0.1, 0.15) is 23.6 Å². The summed E-state index contributed by atoms with van der Waals surface area (Å²) in [6, 6.07) is 23.6. The van der Waals surface area contributed by atoms with E-state index < -0.39 is 15.3 Å². The van der Waals surface area contributed by atoms with Crippen molar-refractivity contribution < 1.29 is 13.2 Å². The summed E-state index contributed by atoms with van der Waals surface area (Å²) in [6.07, 6.45) is 0. The molecule has 0 fully saturated rings. The number of thioether (sulfide) groups is 1. The van der Waals surface area contributed by atoms with Crippen LogP contribution in [-0.4, -0.2) is 34.2 Å². The molecule has 5 aromatic rings. The van der Waals surface area contributed by atoms with E-state index in [0.29, 0.717) is 10.8 Å². The Morgan fingerprint density at radius 2 is 1.68 bits per heavy atom. The number of hydrogen-bond donors (Lipinski definition) is 2. The van der Waals surface area contributed by atoms with E-state index in [-0.39, 0.29) is 17.3 Å². The van der Waals surface area contributed by atoms with Crippen molar-refractivity contribution in [2.24, 2.45) is 0 Å². The number of anilines is 1. The van der Waals surface area contributed by atoms with Crippen LogP contribution in [0.2, 0.25) is 0 Å². The van der Waals surface area contributed by atoms with Crippen molar-refractivity contribution in [2.75, 3.05) is 5.32 Å². The normalized spacial score (nSPS) is 12.6. The Kier molecular flexibility index (Phi) is 7.20. The maximum atomic E-state index is 13.0. The Labute approximate surface area is 225 Å². The van der Waals surface area contributed by atoms with Gasteiger partial charge in [0.05, 0.1) is 15.7 Å². The highest BCUT2D eigenvalue weighted by molar-refractivity contribution is 8.00. The minimum atomic E-state index is -3.68. The first kappa shape index (κ1) is 25.9. The number of nitrogens with zero attached hydrogens (tertiary/aromatic N) is 3. The Balaban J connectivity index is 1.28. The van der Waals surface area contributed by atoms with Crippen molar-refractivity contribution >= 4 is 49.9 Å². The number of hydrogen-bond acceptors (Lipinski definition) is 6. The van der Waals surface area contributed by atoms with Crippen molar-refractivity contribution in [3.05, 3.63) is 95.6 Å². The summed E-state index contributed by atoms with van der Waals surface area (Å²) >= 11 is 1.32. The van der Waals surface area contributed by atoms with E-state index in [1.54, 1.807) is 19.1 Å². The Hall–Kier alpha value is -3.73. The zero-order valence-electron chi connectivity index (χ0n) is 21.2. The van der Waals surface area contributed by atoms with Gasteiger partial charge in [-0.2, -0.15) is 0 Å². The Bertz CT molecular complexity index is 1730. The number of rotatable bonds is 8. The molecule has 0 spiro atoms. The van der Waals surface area contributed by atoms with Crippen molar-refractivity contribution in [3.63, 3.8) is 0 Å². The second-order valence-electron chi connectivity index (χ2n) is 9.06. The highest BCUT2D eigenvalue weighted by atomic mass is 32.2.